The minimum absolute atomic E-state index is 0. The molecule has 0 amide bonds. The minimum atomic E-state index is 0. The molecule has 0 aliphatic heterocycles. The molecule has 1 saturated carbocycles. The van der Waals surface area contributed by atoms with E-state index in [2.05, 4.69) is 38.5 Å². The third kappa shape index (κ3) is 18.4. The Morgan fingerprint density at radius 1 is 1.08 bits per heavy atom. The van der Waals surface area contributed by atoms with Gasteiger partial charge in [-0.15, -0.1) is 18.6 Å². The second-order valence-electron chi connectivity index (χ2n) is 7.22. The monoisotopic (exact) mass is 493 g/mol. The van der Waals surface area contributed by atoms with Crippen molar-refractivity contribution in [2.24, 2.45) is 11.8 Å². The summed E-state index contributed by atoms with van der Waals surface area (Å²) in [4.78, 5) is 0. The molecule has 2 aliphatic carbocycles. The molecule has 2 aliphatic rings. The summed E-state index contributed by atoms with van der Waals surface area (Å²) < 4.78 is 0. The molecule has 0 heterocycles. The molecular formula is C21H39Cl2NSiZr-2. The van der Waals surface area contributed by atoms with Crippen LogP contribution in [-0.2, 0) is 23.3 Å². The molecule has 2 rings (SSSR count). The van der Waals surface area contributed by atoms with Crippen LogP contribution in [0.3, 0.4) is 0 Å². The third-order valence-electron chi connectivity index (χ3n) is 4.67. The fourth-order valence-corrected chi connectivity index (χ4v) is 3.23. The van der Waals surface area contributed by atoms with Gasteiger partial charge in [0.05, 0.1) is 0 Å². The van der Waals surface area contributed by atoms with Gasteiger partial charge in [0.1, 0.15) is 0 Å². The Balaban J connectivity index is -0.000000357. The quantitative estimate of drug-likeness (QED) is 0.251. The van der Waals surface area contributed by atoms with Crippen molar-refractivity contribution in [1.82, 2.24) is 0 Å². The van der Waals surface area contributed by atoms with E-state index in [4.69, 9.17) is 5.73 Å². The summed E-state index contributed by atoms with van der Waals surface area (Å²) in [6, 6.07) is 0. The van der Waals surface area contributed by atoms with Crippen LogP contribution in [0.25, 0.3) is 5.73 Å². The Labute approximate surface area is 192 Å². The molecule has 1 nitrogen and oxygen atoms in total. The van der Waals surface area contributed by atoms with Crippen LogP contribution >= 0.6 is 0 Å². The van der Waals surface area contributed by atoms with Gasteiger partial charge in [-0.1, -0.05) is 71.6 Å². The number of rotatable bonds is 9. The zero-order valence-corrected chi connectivity index (χ0v) is 22.3. The fraction of sp³-hybridized carbons (Fsp3) is 0.762. The molecule has 152 valence electrons. The molecule has 0 radical (unpaired) electrons. The van der Waals surface area contributed by atoms with E-state index in [0.717, 1.165) is 18.3 Å². The number of allylic oxidation sites excluding steroid dienone is 4. The van der Waals surface area contributed by atoms with Crippen molar-refractivity contribution in [2.75, 3.05) is 6.54 Å². The van der Waals surface area contributed by atoms with Crippen LogP contribution in [0, 0.1) is 18.3 Å². The number of hydrogen-bond donors (Lipinski definition) is 0. The van der Waals surface area contributed by atoms with E-state index in [-0.39, 0.29) is 24.8 Å². The summed E-state index contributed by atoms with van der Waals surface area (Å²) in [7, 11) is 0. The first-order valence-corrected chi connectivity index (χ1v) is 15.9. The first-order chi connectivity index (χ1) is 11.7. The summed E-state index contributed by atoms with van der Waals surface area (Å²) in [5.74, 6) is 1.76. The van der Waals surface area contributed by atoms with E-state index >= 15 is 0 Å². The van der Waals surface area contributed by atoms with E-state index in [9.17, 15) is 0 Å². The predicted octanol–water partition coefficient (Wildman–Crippen LogP) is 0.392. The van der Waals surface area contributed by atoms with Crippen LogP contribution in [0.5, 0.6) is 0 Å². The SMILES string of the molecule is C1=CCC2CC[CH-]C2=C1.CC(C)CCCCCCCCC[NH-].[Cl-].[Cl-].[SiH2]=[Zr+2]. The normalized spacial score (nSPS) is 16.5. The molecule has 0 spiro atoms. The molecule has 0 aromatic carbocycles. The second-order valence-corrected chi connectivity index (χ2v) is 7.22. The first-order valence-electron chi connectivity index (χ1n) is 9.94. The summed E-state index contributed by atoms with van der Waals surface area (Å²) in [6.45, 7) is 7.17. The van der Waals surface area contributed by atoms with Crippen molar-refractivity contribution >= 4 is 6.88 Å². The molecule has 5 heteroatoms. The standard InChI is InChI=1S/C12H26N.C9H11.2ClH.H2Si.Zr/c1-12(2)10-8-6-4-3-5-7-9-11-13;1-2-5-9-7-3-6-8(9)4-1;;;;/h12-13H,3-11H2,1-2H3;1-2,4,6,9H,3,5,7H2;2*1H;1H2;/q2*-1;;;;+2/p-2. The van der Waals surface area contributed by atoms with Gasteiger partial charge in [-0.2, -0.15) is 6.54 Å². The van der Waals surface area contributed by atoms with E-state index < -0.39 is 0 Å². The van der Waals surface area contributed by atoms with Crippen LogP contribution in [0.4, 0.5) is 0 Å². The summed E-state index contributed by atoms with van der Waals surface area (Å²) in [6.07, 6.45) is 23.8. The maximum absolute atomic E-state index is 7.00. The van der Waals surface area contributed by atoms with Gasteiger partial charge >= 0.3 is 30.2 Å². The Morgan fingerprint density at radius 3 is 2.19 bits per heavy atom. The van der Waals surface area contributed by atoms with Gasteiger partial charge in [0, 0.05) is 0 Å². The number of halogens is 2. The van der Waals surface area contributed by atoms with Crippen LogP contribution in [-0.4, -0.2) is 13.4 Å². The second kappa shape index (κ2) is 24.0. The summed E-state index contributed by atoms with van der Waals surface area (Å²) in [5, 5.41) is 0. The van der Waals surface area contributed by atoms with Gasteiger partial charge in [0.25, 0.3) is 0 Å². The van der Waals surface area contributed by atoms with Gasteiger partial charge in [-0.05, 0) is 18.3 Å². The van der Waals surface area contributed by atoms with Crippen LogP contribution < -0.4 is 24.8 Å². The Bertz CT molecular complexity index is 349. The zero-order chi connectivity index (χ0) is 18.0. The zero-order valence-electron chi connectivity index (χ0n) is 16.9. The summed E-state index contributed by atoms with van der Waals surface area (Å²) in [5.41, 5.74) is 8.58. The average Bonchev–Trinajstić information content (AvgIpc) is 3.08. The van der Waals surface area contributed by atoms with Crippen LogP contribution in [0.15, 0.2) is 23.8 Å². The maximum atomic E-state index is 7.00. The van der Waals surface area contributed by atoms with Gasteiger partial charge in [0.2, 0.25) is 0 Å². The topological polar surface area (TPSA) is 23.8 Å². The Kier molecular flexibility index (Phi) is 29.3. The molecule has 1 N–H and O–H groups in total. The van der Waals surface area contributed by atoms with Crippen LogP contribution in [0.2, 0.25) is 0 Å². The summed E-state index contributed by atoms with van der Waals surface area (Å²) >= 11 is 1.58. The van der Waals surface area contributed by atoms with Crippen molar-refractivity contribution in [3.63, 3.8) is 0 Å². The Morgan fingerprint density at radius 2 is 1.65 bits per heavy atom. The van der Waals surface area contributed by atoms with Gasteiger partial charge in [-0.3, -0.25) is 0 Å². The van der Waals surface area contributed by atoms with Gasteiger partial charge < -0.3 is 30.5 Å². The van der Waals surface area contributed by atoms with E-state index in [1.807, 2.05) is 6.88 Å². The Hall–Kier alpha value is 0.990. The van der Waals surface area contributed by atoms with Crippen molar-refractivity contribution in [3.05, 3.63) is 36.0 Å². The van der Waals surface area contributed by atoms with E-state index in [1.54, 1.807) is 28.9 Å². The molecule has 26 heavy (non-hydrogen) atoms. The number of fused-ring (bicyclic) bond motifs is 1. The molecule has 0 aromatic heterocycles. The molecular weight excluding hydrogens is 456 g/mol. The number of unbranched alkanes of at least 4 members (excludes halogenated alkanes) is 6. The third-order valence-corrected chi connectivity index (χ3v) is 4.67. The van der Waals surface area contributed by atoms with Crippen LogP contribution in [0.1, 0.15) is 84.5 Å². The van der Waals surface area contributed by atoms with E-state index in [0.29, 0.717) is 6.54 Å². The van der Waals surface area contributed by atoms with Crippen molar-refractivity contribution in [3.8, 4) is 0 Å². The van der Waals surface area contributed by atoms with Gasteiger partial charge in [0.15, 0.2) is 0 Å². The molecule has 0 saturated heterocycles. The molecule has 0 aromatic rings. The molecule has 1 fully saturated rings. The van der Waals surface area contributed by atoms with Crippen molar-refractivity contribution in [2.45, 2.75) is 84.5 Å². The van der Waals surface area contributed by atoms with Crippen molar-refractivity contribution < 1.29 is 48.1 Å². The average molecular weight is 496 g/mol. The van der Waals surface area contributed by atoms with Gasteiger partial charge in [-0.25, -0.2) is 18.1 Å². The number of nitrogens with one attached hydrogen (secondary N) is 1. The fourth-order valence-electron chi connectivity index (χ4n) is 3.23. The predicted molar refractivity (Wildman–Crippen MR) is 108 cm³/mol. The van der Waals surface area contributed by atoms with E-state index in [1.165, 1.54) is 64.2 Å². The molecule has 0 bridgehead atoms. The van der Waals surface area contributed by atoms with Crippen molar-refractivity contribution in [1.29, 1.82) is 0 Å². The number of hydrogen-bond acceptors (Lipinski definition) is 0. The molecule has 1 unspecified atom stereocenters. The molecule has 1 atom stereocenters. The first kappa shape index (κ1) is 31.7.